The van der Waals surface area contributed by atoms with Gasteiger partial charge in [-0.15, -0.1) is 0 Å². The molecule has 0 unspecified atom stereocenters. The van der Waals surface area contributed by atoms with E-state index in [0.29, 0.717) is 31.0 Å². The van der Waals surface area contributed by atoms with Crippen LogP contribution >= 0.6 is 0 Å². The molecule has 3 aromatic rings. The third-order valence-corrected chi connectivity index (χ3v) is 4.83. The van der Waals surface area contributed by atoms with E-state index in [1.54, 1.807) is 13.0 Å². The zero-order valence-corrected chi connectivity index (χ0v) is 14.9. The van der Waals surface area contributed by atoms with E-state index in [1.165, 1.54) is 0 Å². The molecule has 1 N–H and O–H groups in total. The summed E-state index contributed by atoms with van der Waals surface area (Å²) in [5.74, 6) is -1.36. The van der Waals surface area contributed by atoms with Crippen LogP contribution in [0.3, 0.4) is 0 Å². The van der Waals surface area contributed by atoms with E-state index in [4.69, 9.17) is 0 Å². The Morgan fingerprint density at radius 3 is 2.56 bits per heavy atom. The van der Waals surface area contributed by atoms with Crippen molar-refractivity contribution in [2.45, 2.75) is 13.5 Å². The summed E-state index contributed by atoms with van der Waals surface area (Å²) in [6.45, 7) is 5.35. The molecular formula is C19H19F2N5O. The lowest BCUT2D eigenvalue weighted by Crippen LogP contribution is -2.46. The van der Waals surface area contributed by atoms with Gasteiger partial charge in [-0.05, 0) is 24.6 Å². The molecule has 1 fully saturated rings. The maximum absolute atomic E-state index is 13.4. The maximum Gasteiger partial charge on any atom is 0.251 e. The van der Waals surface area contributed by atoms with Gasteiger partial charge in [0.1, 0.15) is 5.82 Å². The zero-order chi connectivity index (χ0) is 19.0. The van der Waals surface area contributed by atoms with Crippen molar-refractivity contribution in [3.63, 3.8) is 0 Å². The Hall–Kier alpha value is -2.87. The number of nitrogens with zero attached hydrogens (tertiary/aromatic N) is 4. The smallest absolute Gasteiger partial charge is 0.251 e. The standard InChI is InChI=1S/C19H19F2N5O/c1-12-6-16-17(24-19(12)27)7-13(9-22-16)11-25-2-4-26(5-3-25)18-8-14(20)15(21)10-23-18/h6-10H,2-5,11H2,1H3,(H,24,27). The first-order valence-corrected chi connectivity index (χ1v) is 8.76. The summed E-state index contributed by atoms with van der Waals surface area (Å²) in [5.41, 5.74) is 3.05. The van der Waals surface area contributed by atoms with Crippen molar-refractivity contribution in [2.24, 2.45) is 0 Å². The molecule has 4 rings (SSSR count). The fraction of sp³-hybridized carbons (Fsp3) is 0.316. The molecule has 27 heavy (non-hydrogen) atoms. The van der Waals surface area contributed by atoms with Gasteiger partial charge in [0.15, 0.2) is 11.6 Å². The summed E-state index contributed by atoms with van der Waals surface area (Å²) in [7, 11) is 0. The quantitative estimate of drug-likeness (QED) is 0.765. The average Bonchev–Trinajstić information content (AvgIpc) is 2.66. The monoisotopic (exact) mass is 371 g/mol. The largest absolute Gasteiger partial charge is 0.354 e. The second kappa shape index (κ2) is 7.03. The van der Waals surface area contributed by atoms with Crippen molar-refractivity contribution in [2.75, 3.05) is 31.1 Å². The molecule has 1 saturated heterocycles. The SMILES string of the molecule is Cc1cc2ncc(CN3CCN(c4cc(F)c(F)cn4)CC3)cc2[nH]c1=O. The Morgan fingerprint density at radius 2 is 1.81 bits per heavy atom. The van der Waals surface area contributed by atoms with Crippen LogP contribution in [0.4, 0.5) is 14.6 Å². The summed E-state index contributed by atoms with van der Waals surface area (Å²) in [5, 5.41) is 0. The van der Waals surface area contributed by atoms with Gasteiger partial charge in [0.05, 0.1) is 17.2 Å². The first-order chi connectivity index (χ1) is 13.0. The van der Waals surface area contributed by atoms with Crippen LogP contribution in [0.1, 0.15) is 11.1 Å². The Bertz CT molecular complexity index is 1040. The van der Waals surface area contributed by atoms with Crippen molar-refractivity contribution < 1.29 is 8.78 Å². The molecule has 140 valence electrons. The van der Waals surface area contributed by atoms with Crippen molar-refractivity contribution in [1.29, 1.82) is 0 Å². The molecular weight excluding hydrogens is 352 g/mol. The van der Waals surface area contributed by atoms with Gasteiger partial charge in [0.2, 0.25) is 0 Å². The van der Waals surface area contributed by atoms with E-state index in [-0.39, 0.29) is 5.56 Å². The van der Waals surface area contributed by atoms with Crippen LogP contribution in [0.15, 0.2) is 35.4 Å². The third kappa shape index (κ3) is 3.66. The van der Waals surface area contributed by atoms with Crippen LogP contribution in [0.5, 0.6) is 0 Å². The van der Waals surface area contributed by atoms with E-state index >= 15 is 0 Å². The number of H-pyrrole nitrogens is 1. The molecule has 0 radical (unpaired) electrons. The maximum atomic E-state index is 13.4. The summed E-state index contributed by atoms with van der Waals surface area (Å²) < 4.78 is 26.4. The number of nitrogens with one attached hydrogen (secondary N) is 1. The van der Waals surface area contributed by atoms with E-state index < -0.39 is 11.6 Å². The summed E-state index contributed by atoms with van der Waals surface area (Å²) >= 11 is 0. The normalized spacial score (nSPS) is 15.4. The number of pyridine rings is 3. The Balaban J connectivity index is 1.43. The van der Waals surface area contributed by atoms with Crippen LogP contribution in [0.2, 0.25) is 0 Å². The molecule has 4 heterocycles. The Morgan fingerprint density at radius 1 is 1.04 bits per heavy atom. The van der Waals surface area contributed by atoms with Gasteiger partial charge in [-0.25, -0.2) is 13.8 Å². The number of anilines is 1. The molecule has 8 heteroatoms. The average molecular weight is 371 g/mol. The van der Waals surface area contributed by atoms with Crippen LogP contribution in [0, 0.1) is 18.6 Å². The molecule has 3 aromatic heterocycles. The molecule has 0 atom stereocenters. The fourth-order valence-corrected chi connectivity index (χ4v) is 3.28. The number of fused-ring (bicyclic) bond motifs is 1. The van der Waals surface area contributed by atoms with Crippen molar-refractivity contribution in [1.82, 2.24) is 19.9 Å². The predicted octanol–water partition coefficient (Wildman–Crippen LogP) is 2.23. The lowest BCUT2D eigenvalue weighted by Gasteiger charge is -2.35. The van der Waals surface area contributed by atoms with Crippen LogP contribution in [0.25, 0.3) is 11.0 Å². The number of halogens is 2. The highest BCUT2D eigenvalue weighted by Crippen LogP contribution is 2.18. The molecule has 0 spiro atoms. The molecule has 1 aliphatic heterocycles. The minimum atomic E-state index is -0.936. The van der Waals surface area contributed by atoms with Gasteiger partial charge in [0.25, 0.3) is 5.56 Å². The summed E-state index contributed by atoms with van der Waals surface area (Å²) in [6, 6.07) is 4.87. The highest BCUT2D eigenvalue weighted by Gasteiger charge is 2.19. The van der Waals surface area contributed by atoms with Crippen molar-refractivity contribution in [3.8, 4) is 0 Å². The number of hydrogen-bond donors (Lipinski definition) is 1. The van der Waals surface area contributed by atoms with Crippen molar-refractivity contribution >= 4 is 16.9 Å². The summed E-state index contributed by atoms with van der Waals surface area (Å²) in [4.78, 5) is 27.3. The summed E-state index contributed by atoms with van der Waals surface area (Å²) in [6.07, 6.45) is 2.74. The number of aromatic nitrogens is 3. The zero-order valence-electron chi connectivity index (χ0n) is 14.9. The van der Waals surface area contributed by atoms with Gasteiger partial charge in [-0.3, -0.25) is 14.7 Å². The topological polar surface area (TPSA) is 65.1 Å². The number of hydrogen-bond acceptors (Lipinski definition) is 5. The van der Waals surface area contributed by atoms with Gasteiger partial charge in [-0.2, -0.15) is 0 Å². The fourth-order valence-electron chi connectivity index (χ4n) is 3.28. The number of rotatable bonds is 3. The molecule has 0 aromatic carbocycles. The van der Waals surface area contributed by atoms with Crippen molar-refractivity contribution in [3.05, 3.63) is 63.7 Å². The van der Waals surface area contributed by atoms with Crippen LogP contribution in [-0.2, 0) is 6.54 Å². The van der Waals surface area contributed by atoms with Gasteiger partial charge >= 0.3 is 0 Å². The number of aromatic amines is 1. The molecule has 0 amide bonds. The number of aryl methyl sites for hydroxylation is 1. The molecule has 1 aliphatic rings. The van der Waals surface area contributed by atoms with Gasteiger partial charge < -0.3 is 9.88 Å². The third-order valence-electron chi connectivity index (χ3n) is 4.83. The Kier molecular flexibility index (Phi) is 4.57. The van der Waals surface area contributed by atoms with Crippen LogP contribution in [-0.4, -0.2) is 46.0 Å². The highest BCUT2D eigenvalue weighted by atomic mass is 19.2. The molecule has 0 bridgehead atoms. The second-order valence-corrected chi connectivity index (χ2v) is 6.78. The highest BCUT2D eigenvalue weighted by molar-refractivity contribution is 5.74. The van der Waals surface area contributed by atoms with E-state index in [1.807, 2.05) is 17.2 Å². The first kappa shape index (κ1) is 17.5. The Labute approximate surface area is 154 Å². The van der Waals surface area contributed by atoms with E-state index in [2.05, 4.69) is 19.9 Å². The van der Waals surface area contributed by atoms with Gasteiger partial charge in [0, 0.05) is 50.6 Å². The second-order valence-electron chi connectivity index (χ2n) is 6.78. The molecule has 6 nitrogen and oxygen atoms in total. The molecule has 0 saturated carbocycles. The number of piperazine rings is 1. The van der Waals surface area contributed by atoms with E-state index in [9.17, 15) is 13.6 Å². The lowest BCUT2D eigenvalue weighted by molar-refractivity contribution is 0.249. The minimum absolute atomic E-state index is 0.103. The molecule has 0 aliphatic carbocycles. The predicted molar refractivity (Wildman–Crippen MR) is 98.7 cm³/mol. The minimum Gasteiger partial charge on any atom is -0.354 e. The van der Waals surface area contributed by atoms with Crippen LogP contribution < -0.4 is 10.5 Å². The first-order valence-electron chi connectivity index (χ1n) is 8.76. The lowest BCUT2D eigenvalue weighted by atomic mass is 10.2. The van der Waals surface area contributed by atoms with E-state index in [0.717, 1.165) is 41.9 Å². The van der Waals surface area contributed by atoms with Gasteiger partial charge in [-0.1, -0.05) is 0 Å².